The first-order valence-electron chi connectivity index (χ1n) is 7.53. The Morgan fingerprint density at radius 1 is 0.833 bits per heavy atom. The molecule has 2 rings (SSSR count). The lowest BCUT2D eigenvalue weighted by molar-refractivity contribution is 0.202. The average molecular weight is 332 g/mol. The molecule has 6 nitrogen and oxygen atoms in total. The molecule has 0 fully saturated rings. The molecule has 0 saturated heterocycles. The van der Waals surface area contributed by atoms with E-state index in [4.69, 9.17) is 30.4 Å². The smallest absolute Gasteiger partial charge is 0.203 e. The van der Waals surface area contributed by atoms with Crippen LogP contribution >= 0.6 is 0 Å². The highest BCUT2D eigenvalue weighted by molar-refractivity contribution is 5.89. The van der Waals surface area contributed by atoms with E-state index in [2.05, 4.69) is 0 Å². The fourth-order valence-corrected chi connectivity index (χ4v) is 2.64. The van der Waals surface area contributed by atoms with Gasteiger partial charge in [0, 0.05) is 18.2 Å². The maximum Gasteiger partial charge on any atom is 0.203 e. The number of hydrogen-bond donors (Lipinski definition) is 2. The summed E-state index contributed by atoms with van der Waals surface area (Å²) in [6.45, 7) is 0.603. The SMILES string of the molecule is COCCc1cc(N)c(N)c(-c2ccc(OC)c(OC)c2OC)c1. The number of nitrogens with two attached hydrogens (primary N) is 2. The first-order valence-corrected chi connectivity index (χ1v) is 7.53. The van der Waals surface area contributed by atoms with E-state index in [1.54, 1.807) is 28.4 Å². The summed E-state index contributed by atoms with van der Waals surface area (Å²) >= 11 is 0. The normalized spacial score (nSPS) is 10.5. The number of nitrogen functional groups attached to an aromatic ring is 2. The molecule has 0 aliphatic carbocycles. The van der Waals surface area contributed by atoms with Crippen molar-refractivity contribution in [2.24, 2.45) is 0 Å². The molecule has 130 valence electrons. The highest BCUT2D eigenvalue weighted by Crippen LogP contribution is 2.46. The molecule has 0 amide bonds. The summed E-state index contributed by atoms with van der Waals surface area (Å²) in [4.78, 5) is 0. The van der Waals surface area contributed by atoms with Crippen molar-refractivity contribution in [1.29, 1.82) is 0 Å². The second-order valence-corrected chi connectivity index (χ2v) is 5.27. The van der Waals surface area contributed by atoms with Gasteiger partial charge in [-0.05, 0) is 36.2 Å². The van der Waals surface area contributed by atoms with Gasteiger partial charge in [-0.1, -0.05) is 0 Å². The standard InChI is InChI=1S/C18H24N2O4/c1-21-8-7-11-9-13(16(20)14(19)10-11)12-5-6-15(22-2)18(24-4)17(12)23-3/h5-6,9-10H,7-8,19-20H2,1-4H3. The molecule has 0 heterocycles. The summed E-state index contributed by atoms with van der Waals surface area (Å²) in [5.74, 6) is 1.64. The second-order valence-electron chi connectivity index (χ2n) is 5.27. The largest absolute Gasteiger partial charge is 0.493 e. The summed E-state index contributed by atoms with van der Waals surface area (Å²) in [5, 5.41) is 0. The molecule has 24 heavy (non-hydrogen) atoms. The monoisotopic (exact) mass is 332 g/mol. The molecule has 2 aromatic carbocycles. The van der Waals surface area contributed by atoms with Crippen molar-refractivity contribution < 1.29 is 18.9 Å². The summed E-state index contributed by atoms with van der Waals surface area (Å²) in [5.41, 5.74) is 15.9. The zero-order chi connectivity index (χ0) is 17.7. The lowest BCUT2D eigenvalue weighted by Crippen LogP contribution is -2.03. The predicted octanol–water partition coefficient (Wildman–Crippen LogP) is 2.73. The maximum absolute atomic E-state index is 6.21. The summed E-state index contributed by atoms with van der Waals surface area (Å²) < 4.78 is 21.5. The third kappa shape index (κ3) is 3.33. The van der Waals surface area contributed by atoms with Crippen molar-refractivity contribution in [3.8, 4) is 28.4 Å². The van der Waals surface area contributed by atoms with Gasteiger partial charge in [0.15, 0.2) is 11.5 Å². The van der Waals surface area contributed by atoms with Crippen molar-refractivity contribution in [2.45, 2.75) is 6.42 Å². The van der Waals surface area contributed by atoms with Crippen molar-refractivity contribution in [3.63, 3.8) is 0 Å². The number of rotatable bonds is 7. The fourth-order valence-electron chi connectivity index (χ4n) is 2.64. The lowest BCUT2D eigenvalue weighted by Gasteiger charge is -2.18. The molecule has 0 saturated carbocycles. The van der Waals surface area contributed by atoms with E-state index in [-0.39, 0.29) is 0 Å². The summed E-state index contributed by atoms with van der Waals surface area (Å²) in [7, 11) is 6.39. The zero-order valence-corrected chi connectivity index (χ0v) is 14.5. The molecular weight excluding hydrogens is 308 g/mol. The number of benzene rings is 2. The molecule has 0 unspecified atom stereocenters. The molecule has 0 atom stereocenters. The van der Waals surface area contributed by atoms with Gasteiger partial charge in [-0.25, -0.2) is 0 Å². The minimum atomic E-state index is 0.502. The van der Waals surface area contributed by atoms with E-state index in [0.717, 1.165) is 23.1 Å². The molecule has 0 bridgehead atoms. The van der Waals surface area contributed by atoms with Crippen LogP contribution in [0.3, 0.4) is 0 Å². The minimum Gasteiger partial charge on any atom is -0.493 e. The Bertz CT molecular complexity index is 717. The summed E-state index contributed by atoms with van der Waals surface area (Å²) in [6, 6.07) is 7.55. The van der Waals surface area contributed by atoms with Crippen LogP contribution in [-0.2, 0) is 11.2 Å². The highest BCUT2D eigenvalue weighted by atomic mass is 16.5. The lowest BCUT2D eigenvalue weighted by atomic mass is 9.97. The van der Waals surface area contributed by atoms with E-state index in [0.29, 0.717) is 35.2 Å². The van der Waals surface area contributed by atoms with Crippen LogP contribution in [0, 0.1) is 0 Å². The van der Waals surface area contributed by atoms with Gasteiger partial charge in [0.05, 0.1) is 39.3 Å². The van der Waals surface area contributed by atoms with Gasteiger partial charge in [-0.3, -0.25) is 0 Å². The minimum absolute atomic E-state index is 0.502. The molecule has 2 aromatic rings. The van der Waals surface area contributed by atoms with Crippen molar-refractivity contribution in [3.05, 3.63) is 29.8 Å². The van der Waals surface area contributed by atoms with Gasteiger partial charge in [0.2, 0.25) is 5.75 Å². The molecule has 0 aliphatic heterocycles. The van der Waals surface area contributed by atoms with Crippen LogP contribution in [0.25, 0.3) is 11.1 Å². The van der Waals surface area contributed by atoms with Crippen LogP contribution in [0.2, 0.25) is 0 Å². The van der Waals surface area contributed by atoms with Gasteiger partial charge in [-0.15, -0.1) is 0 Å². The van der Waals surface area contributed by atoms with Gasteiger partial charge in [-0.2, -0.15) is 0 Å². The quantitative estimate of drug-likeness (QED) is 0.758. The number of methoxy groups -OCH3 is 4. The Kier molecular flexibility index (Phi) is 5.76. The first kappa shape index (κ1) is 17.7. The van der Waals surface area contributed by atoms with Gasteiger partial charge < -0.3 is 30.4 Å². The maximum atomic E-state index is 6.21. The van der Waals surface area contributed by atoms with Crippen molar-refractivity contribution >= 4 is 11.4 Å². The zero-order valence-electron chi connectivity index (χ0n) is 14.5. The van der Waals surface area contributed by atoms with Crippen molar-refractivity contribution in [2.75, 3.05) is 46.5 Å². The van der Waals surface area contributed by atoms with Crippen molar-refractivity contribution in [1.82, 2.24) is 0 Å². The molecule has 0 spiro atoms. The van der Waals surface area contributed by atoms with Crippen LogP contribution in [0.4, 0.5) is 11.4 Å². The Morgan fingerprint density at radius 3 is 2.12 bits per heavy atom. The molecule has 0 aliphatic rings. The summed E-state index contributed by atoms with van der Waals surface area (Å²) in [6.07, 6.45) is 0.740. The average Bonchev–Trinajstić information content (AvgIpc) is 2.61. The van der Waals surface area contributed by atoms with Crippen LogP contribution in [-0.4, -0.2) is 35.0 Å². The first-order chi connectivity index (χ1) is 11.6. The molecule has 6 heteroatoms. The van der Waals surface area contributed by atoms with Gasteiger partial charge in [0.25, 0.3) is 0 Å². The van der Waals surface area contributed by atoms with E-state index in [1.165, 1.54) is 0 Å². The topological polar surface area (TPSA) is 89.0 Å². The Morgan fingerprint density at radius 2 is 1.54 bits per heavy atom. The van der Waals surface area contributed by atoms with Crippen LogP contribution in [0.15, 0.2) is 24.3 Å². The second kappa shape index (κ2) is 7.79. The third-order valence-corrected chi connectivity index (χ3v) is 3.86. The third-order valence-electron chi connectivity index (χ3n) is 3.86. The van der Waals surface area contributed by atoms with E-state index in [1.807, 2.05) is 24.3 Å². The highest BCUT2D eigenvalue weighted by Gasteiger charge is 2.19. The predicted molar refractivity (Wildman–Crippen MR) is 95.9 cm³/mol. The molecule has 4 N–H and O–H groups in total. The Hall–Kier alpha value is -2.60. The molecule has 0 radical (unpaired) electrons. The van der Waals surface area contributed by atoms with Crippen LogP contribution in [0.5, 0.6) is 17.2 Å². The number of anilines is 2. The number of ether oxygens (including phenoxy) is 4. The van der Waals surface area contributed by atoms with E-state index < -0.39 is 0 Å². The number of hydrogen-bond acceptors (Lipinski definition) is 6. The molecular formula is C18H24N2O4. The van der Waals surface area contributed by atoms with Gasteiger partial charge in [0.1, 0.15) is 0 Å². The Labute approximate surface area is 142 Å². The van der Waals surface area contributed by atoms with E-state index in [9.17, 15) is 0 Å². The van der Waals surface area contributed by atoms with E-state index >= 15 is 0 Å². The van der Waals surface area contributed by atoms with Gasteiger partial charge >= 0.3 is 0 Å². The van der Waals surface area contributed by atoms with Crippen LogP contribution in [0.1, 0.15) is 5.56 Å². The fraction of sp³-hybridized carbons (Fsp3) is 0.333. The Balaban J connectivity index is 2.64. The molecule has 0 aromatic heterocycles. The van der Waals surface area contributed by atoms with Crippen LogP contribution < -0.4 is 25.7 Å².